The van der Waals surface area contributed by atoms with Crippen molar-refractivity contribution in [3.63, 3.8) is 0 Å². The number of hydrogen-bond acceptors (Lipinski definition) is 5. The summed E-state index contributed by atoms with van der Waals surface area (Å²) >= 11 is 0. The number of benzene rings is 4. The van der Waals surface area contributed by atoms with Crippen LogP contribution < -0.4 is 10.5 Å². The Hall–Kier alpha value is -5.87. The number of ether oxygens (including phenoxy) is 1. The van der Waals surface area contributed by atoms with Gasteiger partial charge in [-0.3, -0.25) is 0 Å². The maximum Gasteiger partial charge on any atom is 0.416 e. The van der Waals surface area contributed by atoms with Crippen LogP contribution in [-0.4, -0.2) is 22.8 Å². The molecule has 1 aromatic heterocycles. The van der Waals surface area contributed by atoms with E-state index in [1.165, 1.54) is 6.08 Å². The van der Waals surface area contributed by atoms with Crippen molar-refractivity contribution in [2.24, 2.45) is 4.99 Å². The van der Waals surface area contributed by atoms with Gasteiger partial charge in [0.25, 0.3) is 5.95 Å². The van der Waals surface area contributed by atoms with E-state index in [-0.39, 0.29) is 43.0 Å². The van der Waals surface area contributed by atoms with Crippen molar-refractivity contribution in [1.29, 1.82) is 0 Å². The highest BCUT2D eigenvalue weighted by atomic mass is 19.4. The van der Waals surface area contributed by atoms with E-state index in [9.17, 15) is 52.7 Å². The van der Waals surface area contributed by atoms with Gasteiger partial charge in [-0.25, -0.2) is 15.0 Å². The van der Waals surface area contributed by atoms with E-state index < -0.39 is 81.1 Å². The molecule has 0 aliphatic carbocycles. The molecular weight excluding hydrogens is 732 g/mol. The highest BCUT2D eigenvalue weighted by Crippen LogP contribution is 2.44. The summed E-state index contributed by atoms with van der Waals surface area (Å²) in [6.07, 6.45) is -18.7. The van der Waals surface area contributed by atoms with Crippen molar-refractivity contribution in [2.45, 2.75) is 24.7 Å². The molecule has 4 aromatic carbocycles. The Morgan fingerprint density at radius 1 is 0.604 bits per heavy atom. The fourth-order valence-electron chi connectivity index (χ4n) is 5.08. The Bertz CT molecular complexity index is 2020. The van der Waals surface area contributed by atoms with Crippen molar-refractivity contribution in [2.75, 3.05) is 12.3 Å². The van der Waals surface area contributed by atoms with E-state index in [1.807, 2.05) is 0 Å². The third-order valence-corrected chi connectivity index (χ3v) is 7.47. The number of aliphatic imine (C=N–C) groups is 1. The van der Waals surface area contributed by atoms with Gasteiger partial charge in [0, 0.05) is 28.5 Å². The van der Waals surface area contributed by atoms with Gasteiger partial charge >= 0.3 is 24.7 Å². The summed E-state index contributed by atoms with van der Waals surface area (Å²) in [7, 11) is 0. The molecule has 276 valence electrons. The Morgan fingerprint density at radius 2 is 1.02 bits per heavy atom. The Morgan fingerprint density at radius 3 is 1.45 bits per heavy atom. The van der Waals surface area contributed by atoms with Gasteiger partial charge in [0.15, 0.2) is 0 Å². The highest BCUT2D eigenvalue weighted by molar-refractivity contribution is 5.93. The second-order valence-corrected chi connectivity index (χ2v) is 11.2. The smallest absolute Gasteiger partial charge is 0.416 e. The number of hydrogen-bond donors (Lipinski definition) is 1. The Labute approximate surface area is 292 Å². The summed E-state index contributed by atoms with van der Waals surface area (Å²) < 4.78 is 171. The number of alkyl halides is 12. The zero-order valence-corrected chi connectivity index (χ0v) is 26.5. The molecule has 0 spiro atoms. The van der Waals surface area contributed by atoms with E-state index in [0.717, 1.165) is 6.21 Å². The van der Waals surface area contributed by atoms with Gasteiger partial charge in [0.2, 0.25) is 0 Å². The lowest BCUT2D eigenvalue weighted by atomic mass is 9.98. The number of nitrogen functional groups attached to an aromatic ring is 1. The van der Waals surface area contributed by atoms with Crippen LogP contribution in [0.2, 0.25) is 0 Å². The molecule has 2 N–H and O–H groups in total. The van der Waals surface area contributed by atoms with Gasteiger partial charge in [-0.2, -0.15) is 52.7 Å². The van der Waals surface area contributed by atoms with Crippen LogP contribution >= 0.6 is 0 Å². The SMILES string of the molecule is C=CCOc1ccccc1-c1ccccc1/C=N/c1nc(-c2cc(C(F)(F)F)cc(C(F)(F)F)c2)c(N)c(-c2cc(C(F)(F)F)cc(C(F)(F)F)c2)n1. The van der Waals surface area contributed by atoms with E-state index in [1.54, 1.807) is 48.5 Å². The first-order valence-electron chi connectivity index (χ1n) is 14.9. The number of aromatic nitrogens is 2. The summed E-state index contributed by atoms with van der Waals surface area (Å²) in [5, 5.41) is 0. The van der Waals surface area contributed by atoms with Crippen LogP contribution in [0.1, 0.15) is 27.8 Å². The number of halogens is 12. The van der Waals surface area contributed by atoms with Gasteiger partial charge in [-0.05, 0) is 48.0 Å². The maximum absolute atomic E-state index is 13.8. The highest BCUT2D eigenvalue weighted by Gasteiger charge is 2.39. The van der Waals surface area contributed by atoms with Crippen molar-refractivity contribution >= 4 is 17.9 Å². The largest absolute Gasteiger partial charge is 0.489 e. The third-order valence-electron chi connectivity index (χ3n) is 7.47. The molecule has 17 heteroatoms. The van der Waals surface area contributed by atoms with Crippen LogP contribution in [-0.2, 0) is 24.7 Å². The molecule has 53 heavy (non-hydrogen) atoms. The van der Waals surface area contributed by atoms with Gasteiger partial charge in [0.1, 0.15) is 12.4 Å². The summed E-state index contributed by atoms with van der Waals surface area (Å²) in [6, 6.07) is 13.8. The molecular formula is C36H22F12N4O. The van der Waals surface area contributed by atoms with E-state index in [2.05, 4.69) is 21.5 Å². The predicted molar refractivity (Wildman–Crippen MR) is 172 cm³/mol. The maximum atomic E-state index is 13.8. The molecule has 0 bridgehead atoms. The fourth-order valence-corrected chi connectivity index (χ4v) is 5.08. The fraction of sp³-hybridized carbons (Fsp3) is 0.139. The van der Waals surface area contributed by atoms with Crippen molar-refractivity contribution in [3.05, 3.63) is 125 Å². The summed E-state index contributed by atoms with van der Waals surface area (Å²) in [5.41, 5.74) is -4.29. The van der Waals surface area contributed by atoms with Crippen LogP contribution in [0.5, 0.6) is 5.75 Å². The van der Waals surface area contributed by atoms with Gasteiger partial charge in [-0.15, -0.1) is 0 Å². The van der Waals surface area contributed by atoms with Crippen LogP contribution in [0.3, 0.4) is 0 Å². The summed E-state index contributed by atoms with van der Waals surface area (Å²) in [5.74, 6) is -0.372. The lowest BCUT2D eigenvalue weighted by Gasteiger charge is -2.18. The minimum atomic E-state index is -5.33. The first-order chi connectivity index (χ1) is 24.7. The van der Waals surface area contributed by atoms with E-state index in [0.29, 0.717) is 22.4 Å². The first kappa shape index (κ1) is 38.4. The molecule has 0 radical (unpaired) electrons. The summed E-state index contributed by atoms with van der Waals surface area (Å²) in [6.45, 7) is 3.73. The van der Waals surface area contributed by atoms with Crippen molar-refractivity contribution in [3.8, 4) is 39.4 Å². The molecule has 0 saturated heterocycles. The number of nitrogens with zero attached hydrogens (tertiary/aromatic N) is 3. The number of nitrogens with two attached hydrogens (primary N) is 1. The van der Waals surface area contributed by atoms with Crippen LogP contribution in [0, 0.1) is 0 Å². The molecule has 0 saturated carbocycles. The molecule has 0 unspecified atom stereocenters. The minimum Gasteiger partial charge on any atom is -0.489 e. The van der Waals surface area contributed by atoms with E-state index in [4.69, 9.17) is 10.5 Å². The average molecular weight is 755 g/mol. The molecule has 5 nitrogen and oxygen atoms in total. The van der Waals surface area contributed by atoms with Gasteiger partial charge in [0.05, 0.1) is 39.3 Å². The minimum absolute atomic E-state index is 0.134. The molecule has 0 atom stereocenters. The monoisotopic (exact) mass is 754 g/mol. The first-order valence-corrected chi connectivity index (χ1v) is 14.9. The van der Waals surface area contributed by atoms with Gasteiger partial charge in [-0.1, -0.05) is 55.1 Å². The molecule has 0 fully saturated rings. The quantitative estimate of drug-likeness (QED) is 0.0973. The number of anilines is 1. The van der Waals surface area contributed by atoms with E-state index >= 15 is 0 Å². The van der Waals surface area contributed by atoms with Crippen molar-refractivity contribution in [1.82, 2.24) is 9.97 Å². The lowest BCUT2D eigenvalue weighted by molar-refractivity contribution is -0.144. The summed E-state index contributed by atoms with van der Waals surface area (Å²) in [4.78, 5) is 12.0. The normalized spacial score (nSPS) is 12.7. The number of rotatable bonds is 8. The molecule has 5 rings (SSSR count). The Kier molecular flexibility index (Phi) is 10.3. The van der Waals surface area contributed by atoms with Crippen molar-refractivity contribution < 1.29 is 57.4 Å². The number of para-hydroxylation sites is 1. The second kappa shape index (κ2) is 14.3. The second-order valence-electron chi connectivity index (χ2n) is 11.2. The Balaban J connectivity index is 1.79. The standard InChI is InChI=1S/C36H22F12N4O/c1-2-11-53-28-10-6-5-9-27(28)26-8-4-3-7-19(26)18-50-32-51-30(20-12-22(33(37,38)39)16-23(13-20)34(40,41)42)29(49)31(52-32)21-14-24(35(43,44)45)17-25(15-21)36(46,47)48/h2-10,12-18H,1,11,49H2/b50-18+. The molecule has 5 aromatic rings. The third kappa shape index (κ3) is 8.78. The topological polar surface area (TPSA) is 73.4 Å². The molecule has 0 aliphatic heterocycles. The van der Waals surface area contributed by atoms with Gasteiger partial charge < -0.3 is 10.5 Å². The predicted octanol–water partition coefficient (Wildman–Crippen LogP) is 11.5. The van der Waals surface area contributed by atoms with Crippen LogP contribution in [0.15, 0.2) is 103 Å². The van der Waals surface area contributed by atoms with Crippen LogP contribution in [0.25, 0.3) is 33.6 Å². The molecule has 0 aliphatic rings. The zero-order valence-electron chi connectivity index (χ0n) is 26.5. The lowest BCUT2D eigenvalue weighted by Crippen LogP contribution is -2.12. The average Bonchev–Trinajstić information content (AvgIpc) is 3.08. The van der Waals surface area contributed by atoms with Crippen LogP contribution in [0.4, 0.5) is 64.3 Å². The molecule has 0 amide bonds. The zero-order chi connectivity index (χ0) is 38.9. The molecule has 1 heterocycles.